The molecular weight excluding hydrogens is 272 g/mol. The highest BCUT2D eigenvalue weighted by molar-refractivity contribution is 7.21. The second-order valence-corrected chi connectivity index (χ2v) is 5.71. The lowest BCUT2D eigenvalue weighted by atomic mass is 10.2. The fourth-order valence-corrected chi connectivity index (χ4v) is 3.08. The Bertz CT molecular complexity index is 792. The van der Waals surface area contributed by atoms with Crippen LogP contribution in [0.15, 0.2) is 47.5 Å². The summed E-state index contributed by atoms with van der Waals surface area (Å²) >= 11 is 1.51. The highest BCUT2D eigenvalue weighted by Crippen LogP contribution is 2.30. The van der Waals surface area contributed by atoms with Crippen LogP contribution in [0.1, 0.15) is 13.0 Å². The summed E-state index contributed by atoms with van der Waals surface area (Å²) in [5.74, 6) is 0. The minimum Gasteiger partial charge on any atom is -0.394 e. The number of benzene rings is 1. The van der Waals surface area contributed by atoms with Crippen molar-refractivity contribution in [2.24, 2.45) is 0 Å². The Morgan fingerprint density at radius 2 is 2.10 bits per heavy atom. The molecule has 1 N–H and O–H groups in total. The molecule has 0 aliphatic heterocycles. The van der Waals surface area contributed by atoms with E-state index in [4.69, 9.17) is 0 Å². The molecule has 2 aromatic heterocycles. The lowest BCUT2D eigenvalue weighted by molar-refractivity contribution is 0.236. The van der Waals surface area contributed by atoms with E-state index in [9.17, 15) is 9.90 Å². The Morgan fingerprint density at radius 1 is 1.35 bits per heavy atom. The van der Waals surface area contributed by atoms with Crippen LogP contribution in [0.2, 0.25) is 0 Å². The van der Waals surface area contributed by atoms with Crippen molar-refractivity contribution in [2.45, 2.75) is 13.0 Å². The van der Waals surface area contributed by atoms with E-state index in [1.807, 2.05) is 36.4 Å². The number of aliphatic hydroxyl groups is 1. The molecule has 1 atom stereocenters. The number of nitrogens with zero attached hydrogens (tertiary/aromatic N) is 2. The van der Waals surface area contributed by atoms with Crippen LogP contribution in [0, 0.1) is 0 Å². The van der Waals surface area contributed by atoms with Crippen molar-refractivity contribution in [3.05, 3.63) is 53.1 Å². The van der Waals surface area contributed by atoms with Crippen LogP contribution in [0.3, 0.4) is 0 Å². The summed E-state index contributed by atoms with van der Waals surface area (Å²) in [4.78, 5) is 18.5. The largest absolute Gasteiger partial charge is 0.394 e. The molecule has 5 heteroatoms. The van der Waals surface area contributed by atoms with Gasteiger partial charge in [0.2, 0.25) is 0 Å². The summed E-state index contributed by atoms with van der Waals surface area (Å²) in [6.07, 6.45) is 1.51. The number of aliphatic hydroxyl groups excluding tert-OH is 1. The molecule has 4 nitrogen and oxygen atoms in total. The van der Waals surface area contributed by atoms with Gasteiger partial charge in [-0.1, -0.05) is 30.3 Å². The third-order valence-corrected chi connectivity index (χ3v) is 4.37. The van der Waals surface area contributed by atoms with E-state index in [0.29, 0.717) is 5.39 Å². The predicted molar refractivity (Wildman–Crippen MR) is 81.1 cm³/mol. The van der Waals surface area contributed by atoms with Gasteiger partial charge in [0.15, 0.2) is 0 Å². The SMILES string of the molecule is C[C@H](CO)n1cnc2sc(-c3ccccc3)cc2c1=O. The van der Waals surface area contributed by atoms with Crippen molar-refractivity contribution < 1.29 is 5.11 Å². The zero-order valence-electron chi connectivity index (χ0n) is 11.0. The molecule has 0 saturated carbocycles. The van der Waals surface area contributed by atoms with Gasteiger partial charge in [-0.05, 0) is 18.6 Å². The minimum absolute atomic E-state index is 0.0806. The monoisotopic (exact) mass is 286 g/mol. The number of thiophene rings is 1. The van der Waals surface area contributed by atoms with Crippen LogP contribution in [-0.4, -0.2) is 21.3 Å². The van der Waals surface area contributed by atoms with Gasteiger partial charge in [-0.2, -0.15) is 0 Å². The van der Waals surface area contributed by atoms with E-state index in [2.05, 4.69) is 4.98 Å². The maximum absolute atomic E-state index is 12.4. The molecule has 0 amide bonds. The van der Waals surface area contributed by atoms with Crippen molar-refractivity contribution >= 4 is 21.6 Å². The fourth-order valence-electron chi connectivity index (χ4n) is 2.08. The third kappa shape index (κ3) is 2.15. The number of rotatable bonds is 3. The fraction of sp³-hybridized carbons (Fsp3) is 0.200. The van der Waals surface area contributed by atoms with Crippen LogP contribution in [0.4, 0.5) is 0 Å². The first-order valence-corrected chi connectivity index (χ1v) is 7.19. The van der Waals surface area contributed by atoms with Gasteiger partial charge in [0.25, 0.3) is 5.56 Å². The predicted octanol–water partition coefficient (Wildman–Crippen LogP) is 2.68. The number of hydrogen-bond donors (Lipinski definition) is 1. The topological polar surface area (TPSA) is 55.1 Å². The van der Waals surface area contributed by atoms with Gasteiger partial charge in [0.05, 0.1) is 24.4 Å². The van der Waals surface area contributed by atoms with Gasteiger partial charge in [0, 0.05) is 4.88 Å². The van der Waals surface area contributed by atoms with Crippen LogP contribution in [0.5, 0.6) is 0 Å². The molecule has 0 unspecified atom stereocenters. The van der Waals surface area contributed by atoms with Crippen molar-refractivity contribution in [1.29, 1.82) is 0 Å². The van der Waals surface area contributed by atoms with Crippen molar-refractivity contribution in [3.8, 4) is 10.4 Å². The van der Waals surface area contributed by atoms with Gasteiger partial charge in [0.1, 0.15) is 4.83 Å². The Hall–Kier alpha value is -1.98. The summed E-state index contributed by atoms with van der Waals surface area (Å²) in [5, 5.41) is 9.79. The Kier molecular flexibility index (Phi) is 3.38. The average molecular weight is 286 g/mol. The van der Waals surface area contributed by atoms with Gasteiger partial charge in [-0.3, -0.25) is 9.36 Å². The molecule has 20 heavy (non-hydrogen) atoms. The minimum atomic E-state index is -0.264. The van der Waals surface area contributed by atoms with Crippen LogP contribution < -0.4 is 5.56 Å². The first kappa shape index (κ1) is 13.0. The Labute approximate surface area is 120 Å². The lowest BCUT2D eigenvalue weighted by Crippen LogP contribution is -2.24. The molecule has 3 rings (SSSR count). The molecular formula is C15H14N2O2S. The van der Waals surface area contributed by atoms with E-state index >= 15 is 0 Å². The molecule has 3 aromatic rings. The summed E-state index contributed by atoms with van der Waals surface area (Å²) in [6, 6.07) is 11.5. The maximum atomic E-state index is 12.4. The van der Waals surface area contributed by atoms with E-state index in [-0.39, 0.29) is 18.2 Å². The first-order valence-electron chi connectivity index (χ1n) is 6.37. The molecule has 0 saturated heterocycles. The highest BCUT2D eigenvalue weighted by Gasteiger charge is 2.12. The average Bonchev–Trinajstić information content (AvgIpc) is 2.93. The summed E-state index contributed by atoms with van der Waals surface area (Å²) in [6.45, 7) is 1.71. The van der Waals surface area contributed by atoms with Gasteiger partial charge in [-0.15, -0.1) is 11.3 Å². The molecule has 0 bridgehead atoms. The molecule has 0 radical (unpaired) electrons. The smallest absolute Gasteiger partial charge is 0.262 e. The second-order valence-electron chi connectivity index (χ2n) is 4.68. The van der Waals surface area contributed by atoms with Crippen LogP contribution in [0.25, 0.3) is 20.7 Å². The van der Waals surface area contributed by atoms with Crippen molar-refractivity contribution in [2.75, 3.05) is 6.61 Å². The highest BCUT2D eigenvalue weighted by atomic mass is 32.1. The van der Waals surface area contributed by atoms with Crippen molar-refractivity contribution in [3.63, 3.8) is 0 Å². The number of aromatic nitrogens is 2. The Balaban J connectivity index is 2.17. The second kappa shape index (κ2) is 5.19. The first-order chi connectivity index (χ1) is 9.70. The quantitative estimate of drug-likeness (QED) is 0.805. The molecule has 0 aliphatic carbocycles. The zero-order chi connectivity index (χ0) is 14.1. The van der Waals surface area contributed by atoms with Crippen LogP contribution in [-0.2, 0) is 0 Å². The molecule has 0 spiro atoms. The Morgan fingerprint density at radius 3 is 2.80 bits per heavy atom. The van der Waals surface area contributed by atoms with Crippen LogP contribution >= 0.6 is 11.3 Å². The molecule has 0 aliphatic rings. The van der Waals surface area contributed by atoms with Gasteiger partial charge < -0.3 is 5.11 Å². The maximum Gasteiger partial charge on any atom is 0.262 e. The summed E-state index contributed by atoms with van der Waals surface area (Å²) in [7, 11) is 0. The number of hydrogen-bond acceptors (Lipinski definition) is 4. The zero-order valence-corrected chi connectivity index (χ0v) is 11.8. The summed E-state index contributed by atoms with van der Waals surface area (Å²) < 4.78 is 1.48. The van der Waals surface area contributed by atoms with E-state index < -0.39 is 0 Å². The third-order valence-electron chi connectivity index (χ3n) is 3.27. The van der Waals surface area contributed by atoms with E-state index in [1.54, 1.807) is 6.92 Å². The normalized spacial score (nSPS) is 12.7. The molecule has 2 heterocycles. The van der Waals surface area contributed by atoms with Gasteiger partial charge in [-0.25, -0.2) is 4.98 Å². The number of fused-ring (bicyclic) bond motifs is 1. The van der Waals surface area contributed by atoms with Gasteiger partial charge >= 0.3 is 0 Å². The molecule has 0 fully saturated rings. The molecule has 102 valence electrons. The van der Waals surface area contributed by atoms with E-state index in [1.165, 1.54) is 22.2 Å². The molecule has 1 aromatic carbocycles. The van der Waals surface area contributed by atoms with Crippen molar-refractivity contribution in [1.82, 2.24) is 9.55 Å². The lowest BCUT2D eigenvalue weighted by Gasteiger charge is -2.10. The summed E-state index contributed by atoms with van der Waals surface area (Å²) in [5.41, 5.74) is 0.978. The standard InChI is InChI=1S/C15H14N2O2S/c1-10(8-18)17-9-16-14-12(15(17)19)7-13(20-14)11-5-3-2-4-6-11/h2-7,9-10,18H,8H2,1H3/t10-/m1/s1. The van der Waals surface area contributed by atoms with E-state index in [0.717, 1.165) is 15.3 Å².